The average Bonchev–Trinajstić information content (AvgIpc) is 2.64. The van der Waals surface area contributed by atoms with Gasteiger partial charge in [0.25, 0.3) is 0 Å². The monoisotopic (exact) mass is 283 g/mol. The highest BCUT2D eigenvalue weighted by Crippen LogP contribution is 2.19. The molecule has 0 aliphatic carbocycles. The van der Waals surface area contributed by atoms with Crippen LogP contribution in [0.2, 0.25) is 0 Å². The van der Waals surface area contributed by atoms with Crippen LogP contribution in [-0.2, 0) is 0 Å². The molecular formula is C12H18BrN3. The maximum absolute atomic E-state index is 4.46. The second kappa shape index (κ2) is 5.15. The van der Waals surface area contributed by atoms with Crippen molar-refractivity contribution in [2.45, 2.75) is 18.9 Å². The molecule has 2 rings (SSSR count). The molecule has 1 saturated heterocycles. The van der Waals surface area contributed by atoms with Crippen molar-refractivity contribution >= 4 is 21.7 Å². The average molecular weight is 284 g/mol. The van der Waals surface area contributed by atoms with E-state index >= 15 is 0 Å². The molecule has 0 amide bonds. The van der Waals surface area contributed by atoms with Crippen molar-refractivity contribution in [1.82, 2.24) is 9.88 Å². The Hall–Kier alpha value is -0.610. The largest absolute Gasteiger partial charge is 0.358 e. The summed E-state index contributed by atoms with van der Waals surface area (Å²) in [5.74, 6) is 1.04. The topological polar surface area (TPSA) is 19.4 Å². The van der Waals surface area contributed by atoms with Crippen molar-refractivity contribution in [3.05, 3.63) is 22.8 Å². The lowest BCUT2D eigenvalue weighted by atomic mass is 10.2. The van der Waals surface area contributed by atoms with Crippen molar-refractivity contribution in [3.8, 4) is 0 Å². The second-order valence-electron chi connectivity index (χ2n) is 4.48. The van der Waals surface area contributed by atoms with Gasteiger partial charge in [0.1, 0.15) is 10.4 Å². The first-order valence-corrected chi connectivity index (χ1v) is 6.50. The summed E-state index contributed by atoms with van der Waals surface area (Å²) >= 11 is 3.41. The molecule has 1 fully saturated rings. The van der Waals surface area contributed by atoms with Gasteiger partial charge in [0.2, 0.25) is 0 Å². The van der Waals surface area contributed by atoms with E-state index in [0.29, 0.717) is 6.04 Å². The van der Waals surface area contributed by atoms with Crippen molar-refractivity contribution < 1.29 is 0 Å². The number of nitrogens with zero attached hydrogens (tertiary/aromatic N) is 3. The van der Waals surface area contributed by atoms with Gasteiger partial charge in [-0.1, -0.05) is 6.07 Å². The number of pyridine rings is 1. The second-order valence-corrected chi connectivity index (χ2v) is 5.29. The Balaban J connectivity index is 1.99. The van der Waals surface area contributed by atoms with Crippen molar-refractivity contribution in [3.63, 3.8) is 0 Å². The van der Waals surface area contributed by atoms with E-state index < -0.39 is 0 Å². The van der Waals surface area contributed by atoms with E-state index in [-0.39, 0.29) is 0 Å². The lowest BCUT2D eigenvalue weighted by Gasteiger charge is -2.26. The zero-order valence-electron chi connectivity index (χ0n) is 9.86. The lowest BCUT2D eigenvalue weighted by Crippen LogP contribution is -2.36. The summed E-state index contributed by atoms with van der Waals surface area (Å²) in [4.78, 5) is 9.14. The van der Waals surface area contributed by atoms with Gasteiger partial charge in [0.05, 0.1) is 0 Å². The van der Waals surface area contributed by atoms with E-state index in [1.54, 1.807) is 0 Å². The minimum atomic E-state index is 0.672. The van der Waals surface area contributed by atoms with Crippen LogP contribution in [0.25, 0.3) is 0 Å². The van der Waals surface area contributed by atoms with E-state index in [1.807, 2.05) is 12.1 Å². The first-order chi connectivity index (χ1) is 7.66. The van der Waals surface area contributed by atoms with E-state index in [4.69, 9.17) is 0 Å². The highest BCUT2D eigenvalue weighted by Gasteiger charge is 2.22. The summed E-state index contributed by atoms with van der Waals surface area (Å²) < 4.78 is 0.900. The van der Waals surface area contributed by atoms with Crippen molar-refractivity contribution in [2.75, 3.05) is 32.1 Å². The minimum absolute atomic E-state index is 0.672. The number of rotatable bonds is 3. The smallest absolute Gasteiger partial charge is 0.129 e. The van der Waals surface area contributed by atoms with Crippen LogP contribution in [0.15, 0.2) is 22.8 Å². The Kier molecular flexibility index (Phi) is 3.82. The van der Waals surface area contributed by atoms with Crippen LogP contribution in [0.4, 0.5) is 5.82 Å². The number of likely N-dealkylation sites (N-methyl/N-ethyl adjacent to an activating group) is 2. The quantitative estimate of drug-likeness (QED) is 0.794. The molecule has 1 aromatic heterocycles. The number of hydrogen-bond acceptors (Lipinski definition) is 3. The normalized spacial score (nSPS) is 21.3. The molecule has 88 valence electrons. The van der Waals surface area contributed by atoms with Gasteiger partial charge in [-0.2, -0.15) is 0 Å². The molecule has 0 aromatic carbocycles. The third-order valence-corrected chi connectivity index (χ3v) is 3.69. The van der Waals surface area contributed by atoms with Gasteiger partial charge in [-0.05, 0) is 54.5 Å². The summed E-state index contributed by atoms with van der Waals surface area (Å²) in [6, 6.07) is 6.71. The molecule has 0 spiro atoms. The summed E-state index contributed by atoms with van der Waals surface area (Å²) in [5, 5.41) is 0. The summed E-state index contributed by atoms with van der Waals surface area (Å²) in [5.41, 5.74) is 0. The van der Waals surface area contributed by atoms with Crippen LogP contribution in [0.5, 0.6) is 0 Å². The van der Waals surface area contributed by atoms with Gasteiger partial charge in [-0.15, -0.1) is 0 Å². The first kappa shape index (κ1) is 11.9. The molecule has 3 nitrogen and oxygen atoms in total. The maximum atomic E-state index is 4.46. The van der Waals surface area contributed by atoms with Gasteiger partial charge in [-0.3, -0.25) is 0 Å². The third kappa shape index (κ3) is 2.74. The lowest BCUT2D eigenvalue weighted by molar-refractivity contribution is 0.314. The van der Waals surface area contributed by atoms with E-state index in [9.17, 15) is 0 Å². The van der Waals surface area contributed by atoms with Crippen LogP contribution >= 0.6 is 15.9 Å². The van der Waals surface area contributed by atoms with Crippen LogP contribution in [-0.4, -0.2) is 43.1 Å². The van der Waals surface area contributed by atoms with Crippen molar-refractivity contribution in [1.29, 1.82) is 0 Å². The number of aromatic nitrogens is 1. The van der Waals surface area contributed by atoms with E-state index in [2.05, 4.69) is 50.9 Å². The molecule has 1 aromatic rings. The highest BCUT2D eigenvalue weighted by molar-refractivity contribution is 9.10. The number of anilines is 1. The molecule has 16 heavy (non-hydrogen) atoms. The van der Waals surface area contributed by atoms with Crippen LogP contribution in [0.1, 0.15) is 12.8 Å². The zero-order chi connectivity index (χ0) is 11.5. The standard InChI is InChI=1S/C12H18BrN3/c1-15-8-4-5-10(15)9-16(2)12-7-3-6-11(13)14-12/h3,6-7,10H,4-5,8-9H2,1-2H3. The Labute approximate surface area is 106 Å². The maximum Gasteiger partial charge on any atom is 0.129 e. The van der Waals surface area contributed by atoms with Crippen LogP contribution in [0.3, 0.4) is 0 Å². The molecule has 1 atom stereocenters. The molecular weight excluding hydrogens is 266 g/mol. The summed E-state index contributed by atoms with van der Waals surface area (Å²) in [6.45, 7) is 2.28. The number of halogens is 1. The Morgan fingerprint density at radius 2 is 2.38 bits per heavy atom. The molecule has 4 heteroatoms. The molecule has 0 radical (unpaired) electrons. The molecule has 0 bridgehead atoms. The number of hydrogen-bond donors (Lipinski definition) is 0. The van der Waals surface area contributed by atoms with Crippen LogP contribution < -0.4 is 4.90 Å². The third-order valence-electron chi connectivity index (χ3n) is 3.25. The SMILES string of the molecule is CN(CC1CCCN1C)c1cccc(Br)n1. The predicted octanol–water partition coefficient (Wildman–Crippen LogP) is 2.37. The molecule has 1 aliphatic rings. The minimum Gasteiger partial charge on any atom is -0.358 e. The number of likely N-dealkylation sites (tertiary alicyclic amines) is 1. The Morgan fingerprint density at radius 1 is 1.56 bits per heavy atom. The van der Waals surface area contributed by atoms with Gasteiger partial charge in [0, 0.05) is 19.6 Å². The fourth-order valence-corrected chi connectivity index (χ4v) is 2.56. The molecule has 1 aliphatic heterocycles. The molecule has 2 heterocycles. The summed E-state index contributed by atoms with van der Waals surface area (Å²) in [7, 11) is 4.32. The fraction of sp³-hybridized carbons (Fsp3) is 0.583. The van der Waals surface area contributed by atoms with Crippen molar-refractivity contribution in [2.24, 2.45) is 0 Å². The van der Waals surface area contributed by atoms with Gasteiger partial charge >= 0.3 is 0 Å². The Bertz CT molecular complexity index is 356. The van der Waals surface area contributed by atoms with Crippen LogP contribution in [0, 0.1) is 0 Å². The van der Waals surface area contributed by atoms with Gasteiger partial charge in [0.15, 0.2) is 0 Å². The Morgan fingerprint density at radius 3 is 3.00 bits per heavy atom. The zero-order valence-corrected chi connectivity index (χ0v) is 11.4. The summed E-state index contributed by atoms with van der Waals surface area (Å²) in [6.07, 6.45) is 2.62. The van der Waals surface area contributed by atoms with Gasteiger partial charge < -0.3 is 9.80 Å². The molecule has 0 saturated carbocycles. The predicted molar refractivity (Wildman–Crippen MR) is 70.9 cm³/mol. The molecule has 0 N–H and O–H groups in total. The van der Waals surface area contributed by atoms with E-state index in [0.717, 1.165) is 17.0 Å². The highest BCUT2D eigenvalue weighted by atomic mass is 79.9. The van der Waals surface area contributed by atoms with Gasteiger partial charge in [-0.25, -0.2) is 4.98 Å². The molecule has 1 unspecified atom stereocenters. The van der Waals surface area contributed by atoms with E-state index in [1.165, 1.54) is 19.4 Å². The fourth-order valence-electron chi connectivity index (χ4n) is 2.23. The first-order valence-electron chi connectivity index (χ1n) is 5.71.